The monoisotopic (exact) mass is 319 g/mol. The molecule has 0 spiro atoms. The number of hydrogen-bond acceptors (Lipinski definition) is 5. The van der Waals surface area contributed by atoms with Gasteiger partial charge < -0.3 is 5.32 Å². The Bertz CT molecular complexity index is 497. The fraction of sp³-hybridized carbons (Fsp3) is 0.769. The molecule has 5 nitrogen and oxygen atoms in total. The van der Waals surface area contributed by atoms with E-state index in [1.165, 1.54) is 11.3 Å². The summed E-state index contributed by atoms with van der Waals surface area (Å²) < 4.78 is 26.6. The summed E-state index contributed by atoms with van der Waals surface area (Å²) in [5.74, 6) is 0.168. The second-order valence-corrected chi connectivity index (χ2v) is 8.42. The lowest BCUT2D eigenvalue weighted by atomic mass is 10.3. The molecule has 20 heavy (non-hydrogen) atoms. The first-order chi connectivity index (χ1) is 9.30. The van der Waals surface area contributed by atoms with Gasteiger partial charge in [-0.15, -0.1) is 11.3 Å². The first-order valence-corrected chi connectivity index (χ1v) is 9.43. The molecule has 0 aromatic carbocycles. The molecule has 0 fully saturated rings. The lowest BCUT2D eigenvalue weighted by Crippen LogP contribution is -2.30. The van der Waals surface area contributed by atoms with Crippen LogP contribution in [0.25, 0.3) is 0 Å². The van der Waals surface area contributed by atoms with Crippen LogP contribution in [-0.2, 0) is 10.0 Å². The van der Waals surface area contributed by atoms with Crippen molar-refractivity contribution in [2.45, 2.75) is 52.6 Å². The average molecular weight is 319 g/mol. The summed E-state index contributed by atoms with van der Waals surface area (Å²) in [6, 6.07) is 0.186. The summed E-state index contributed by atoms with van der Waals surface area (Å²) >= 11 is 1.52. The summed E-state index contributed by atoms with van der Waals surface area (Å²) in [6.45, 7) is 8.81. The molecule has 116 valence electrons. The Labute approximate surface area is 126 Å². The van der Waals surface area contributed by atoms with Gasteiger partial charge in [-0.1, -0.05) is 13.8 Å². The molecule has 0 aliphatic carbocycles. The Hall–Kier alpha value is -0.500. The molecule has 0 radical (unpaired) electrons. The summed E-state index contributed by atoms with van der Waals surface area (Å²) in [5, 5.41) is 4.09. The van der Waals surface area contributed by atoms with E-state index in [-0.39, 0.29) is 11.8 Å². The topological polar surface area (TPSA) is 71.1 Å². The quantitative estimate of drug-likeness (QED) is 0.685. The number of nitrogens with zero attached hydrogens (tertiary/aromatic N) is 1. The summed E-state index contributed by atoms with van der Waals surface area (Å²) in [6.07, 6.45) is 3.30. The smallest absolute Gasteiger partial charge is 0.212 e. The predicted molar refractivity (Wildman–Crippen MR) is 84.6 cm³/mol. The van der Waals surface area contributed by atoms with Crippen molar-refractivity contribution in [1.29, 1.82) is 0 Å². The molecule has 1 atom stereocenters. The molecule has 1 aromatic rings. The summed E-state index contributed by atoms with van der Waals surface area (Å²) in [5.41, 5.74) is 0. The largest absolute Gasteiger partial charge is 0.315 e. The number of rotatable bonds is 9. The van der Waals surface area contributed by atoms with E-state index in [4.69, 9.17) is 0 Å². The van der Waals surface area contributed by atoms with Crippen LogP contribution >= 0.6 is 11.3 Å². The van der Waals surface area contributed by atoms with Gasteiger partial charge in [-0.3, -0.25) is 0 Å². The highest BCUT2D eigenvalue weighted by Gasteiger charge is 2.17. The van der Waals surface area contributed by atoms with E-state index in [1.54, 1.807) is 6.20 Å². The van der Waals surface area contributed by atoms with Gasteiger partial charge >= 0.3 is 0 Å². The van der Waals surface area contributed by atoms with Crippen LogP contribution in [0.2, 0.25) is 0 Å². The fourth-order valence-corrected chi connectivity index (χ4v) is 3.96. The van der Waals surface area contributed by atoms with Crippen LogP contribution in [0.1, 0.15) is 49.5 Å². The van der Waals surface area contributed by atoms with Crippen LogP contribution in [0.4, 0.5) is 0 Å². The van der Waals surface area contributed by atoms with Gasteiger partial charge in [-0.2, -0.15) is 0 Å². The molecule has 0 saturated carbocycles. The van der Waals surface area contributed by atoms with Crippen molar-refractivity contribution < 1.29 is 8.42 Å². The minimum absolute atomic E-state index is 0.168. The van der Waals surface area contributed by atoms with E-state index in [1.807, 2.05) is 13.8 Å². The number of aromatic nitrogens is 1. The molecule has 0 aliphatic heterocycles. The van der Waals surface area contributed by atoms with Crippen LogP contribution in [-0.4, -0.2) is 31.7 Å². The zero-order chi connectivity index (χ0) is 15.2. The molecule has 1 unspecified atom stereocenters. The fourth-order valence-electron chi connectivity index (χ4n) is 1.76. The molecule has 0 bridgehead atoms. The van der Waals surface area contributed by atoms with Crippen molar-refractivity contribution >= 4 is 21.4 Å². The lowest BCUT2D eigenvalue weighted by Gasteiger charge is -2.12. The maximum absolute atomic E-state index is 12.0. The van der Waals surface area contributed by atoms with Crippen LogP contribution < -0.4 is 10.0 Å². The van der Waals surface area contributed by atoms with E-state index < -0.39 is 10.0 Å². The number of thiazole rings is 1. The van der Waals surface area contributed by atoms with Crippen LogP contribution in [0.5, 0.6) is 0 Å². The molecule has 0 saturated heterocycles. The maximum atomic E-state index is 12.0. The van der Waals surface area contributed by atoms with Gasteiger partial charge in [0.1, 0.15) is 5.01 Å². The van der Waals surface area contributed by atoms with Gasteiger partial charge in [-0.25, -0.2) is 18.1 Å². The second-order valence-electron chi connectivity index (χ2n) is 5.28. The van der Waals surface area contributed by atoms with Gasteiger partial charge in [0.05, 0.1) is 11.8 Å². The number of sulfonamides is 1. The molecule has 1 rings (SSSR count). The van der Waals surface area contributed by atoms with Crippen molar-refractivity contribution in [3.05, 3.63) is 16.1 Å². The Morgan fingerprint density at radius 3 is 2.55 bits per heavy atom. The van der Waals surface area contributed by atoms with Gasteiger partial charge in [0.25, 0.3) is 0 Å². The zero-order valence-corrected chi connectivity index (χ0v) is 14.3. The third kappa shape index (κ3) is 6.78. The van der Waals surface area contributed by atoms with E-state index in [0.717, 1.165) is 22.9 Å². The molecule has 0 amide bonds. The van der Waals surface area contributed by atoms with E-state index >= 15 is 0 Å². The highest BCUT2D eigenvalue weighted by Crippen LogP contribution is 2.19. The lowest BCUT2D eigenvalue weighted by molar-refractivity contribution is 0.549. The van der Waals surface area contributed by atoms with Crippen LogP contribution in [0.15, 0.2) is 6.20 Å². The SMILES string of the molecule is Cc1cnc(C(C)NS(=O)(=O)CCCCNC(C)C)s1. The summed E-state index contributed by atoms with van der Waals surface area (Å²) in [7, 11) is -3.23. The van der Waals surface area contributed by atoms with Crippen molar-refractivity contribution in [1.82, 2.24) is 15.0 Å². The summed E-state index contributed by atoms with van der Waals surface area (Å²) in [4.78, 5) is 5.30. The average Bonchev–Trinajstić information content (AvgIpc) is 2.74. The van der Waals surface area contributed by atoms with Gasteiger partial charge in [0.2, 0.25) is 10.0 Å². The molecule has 1 heterocycles. The Morgan fingerprint density at radius 1 is 1.30 bits per heavy atom. The van der Waals surface area contributed by atoms with Crippen LogP contribution in [0.3, 0.4) is 0 Å². The molecule has 1 aromatic heterocycles. The van der Waals surface area contributed by atoms with Crippen LogP contribution in [0, 0.1) is 6.92 Å². The highest BCUT2D eigenvalue weighted by atomic mass is 32.2. The Kier molecular flexibility index (Phi) is 7.08. The van der Waals surface area contributed by atoms with Crippen molar-refractivity contribution in [2.75, 3.05) is 12.3 Å². The molecular formula is C13H25N3O2S2. The predicted octanol–water partition coefficient (Wildman–Crippen LogP) is 2.21. The second kappa shape index (κ2) is 8.07. The normalized spacial score (nSPS) is 13.8. The first kappa shape index (κ1) is 17.6. The van der Waals surface area contributed by atoms with Crippen molar-refractivity contribution in [3.8, 4) is 0 Å². The van der Waals surface area contributed by atoms with Gasteiger partial charge in [0.15, 0.2) is 0 Å². The third-order valence-electron chi connectivity index (χ3n) is 2.76. The van der Waals surface area contributed by atoms with E-state index in [2.05, 4.69) is 28.9 Å². The zero-order valence-electron chi connectivity index (χ0n) is 12.6. The Balaban J connectivity index is 2.34. The van der Waals surface area contributed by atoms with E-state index in [0.29, 0.717) is 12.5 Å². The number of nitrogens with one attached hydrogen (secondary N) is 2. The van der Waals surface area contributed by atoms with Crippen molar-refractivity contribution in [3.63, 3.8) is 0 Å². The first-order valence-electron chi connectivity index (χ1n) is 6.96. The van der Waals surface area contributed by atoms with Gasteiger partial charge in [0, 0.05) is 17.1 Å². The minimum atomic E-state index is -3.23. The molecule has 2 N–H and O–H groups in total. The van der Waals surface area contributed by atoms with E-state index in [9.17, 15) is 8.42 Å². The maximum Gasteiger partial charge on any atom is 0.212 e. The minimum Gasteiger partial charge on any atom is -0.315 e. The number of unbranched alkanes of at least 4 members (excludes halogenated alkanes) is 1. The number of hydrogen-bond donors (Lipinski definition) is 2. The molecular weight excluding hydrogens is 294 g/mol. The van der Waals surface area contributed by atoms with Crippen molar-refractivity contribution in [2.24, 2.45) is 0 Å². The highest BCUT2D eigenvalue weighted by molar-refractivity contribution is 7.89. The Morgan fingerprint density at radius 2 is 2.00 bits per heavy atom. The van der Waals surface area contributed by atoms with Gasteiger partial charge in [-0.05, 0) is 33.2 Å². The number of aryl methyl sites for hydroxylation is 1. The standard InChI is InChI=1S/C13H25N3O2S2/c1-10(2)14-7-5-6-8-20(17,18)16-12(4)13-15-9-11(3)19-13/h9-10,12,14,16H,5-8H2,1-4H3. The third-order valence-corrected chi connectivity index (χ3v) is 5.39. The molecule has 0 aliphatic rings. The molecule has 7 heteroatoms.